The van der Waals surface area contributed by atoms with Crippen LogP contribution in [0.15, 0.2) is 41.7 Å². The van der Waals surface area contributed by atoms with Gasteiger partial charge in [0.25, 0.3) is 5.91 Å². The lowest BCUT2D eigenvalue weighted by Crippen LogP contribution is -2.41. The molecule has 0 radical (unpaired) electrons. The maximum atomic E-state index is 12.0. The molecule has 3 N–H and O–H groups in total. The van der Waals surface area contributed by atoms with E-state index in [2.05, 4.69) is 25.9 Å². The zero-order valence-electron chi connectivity index (χ0n) is 17.1. The van der Waals surface area contributed by atoms with Crippen LogP contribution < -0.4 is 30.2 Å². The molecule has 0 bridgehead atoms. The Morgan fingerprint density at radius 3 is 2.28 bits per heavy atom. The maximum absolute atomic E-state index is 12.0. The van der Waals surface area contributed by atoms with Crippen molar-refractivity contribution in [2.75, 3.05) is 41.5 Å². The molecule has 9 nitrogen and oxygen atoms in total. The zero-order chi connectivity index (χ0) is 21.1. The van der Waals surface area contributed by atoms with Gasteiger partial charge >= 0.3 is 0 Å². The number of pyridine rings is 1. The van der Waals surface area contributed by atoms with Crippen molar-refractivity contribution in [2.45, 2.75) is 6.54 Å². The number of hydrogen-bond donors (Lipinski definition) is 3. The van der Waals surface area contributed by atoms with Crippen molar-refractivity contribution in [3.05, 3.63) is 47.8 Å². The smallest absolute Gasteiger partial charge is 0.252 e. The van der Waals surface area contributed by atoms with Crippen molar-refractivity contribution in [1.82, 2.24) is 20.9 Å². The summed E-state index contributed by atoms with van der Waals surface area (Å²) >= 11 is 0. The van der Waals surface area contributed by atoms with E-state index in [1.165, 1.54) is 6.20 Å². The van der Waals surface area contributed by atoms with Crippen LogP contribution in [0.5, 0.6) is 17.2 Å². The summed E-state index contributed by atoms with van der Waals surface area (Å²) in [5.74, 6) is 2.16. The summed E-state index contributed by atoms with van der Waals surface area (Å²) in [5, 5.41) is 9.18. The van der Waals surface area contributed by atoms with Crippen molar-refractivity contribution < 1.29 is 19.0 Å². The van der Waals surface area contributed by atoms with Gasteiger partial charge < -0.3 is 30.2 Å². The van der Waals surface area contributed by atoms with E-state index in [9.17, 15) is 4.79 Å². The normalized spacial score (nSPS) is 10.8. The molecule has 0 aliphatic heterocycles. The Balaban J connectivity index is 1.84. The Hall–Kier alpha value is -3.49. The van der Waals surface area contributed by atoms with Gasteiger partial charge in [0.05, 0.1) is 26.9 Å². The van der Waals surface area contributed by atoms with E-state index in [1.54, 1.807) is 46.7 Å². The maximum Gasteiger partial charge on any atom is 0.252 e. The summed E-state index contributed by atoms with van der Waals surface area (Å²) in [4.78, 5) is 20.1. The van der Waals surface area contributed by atoms with Crippen LogP contribution >= 0.6 is 0 Å². The number of rotatable bonds is 9. The Labute approximate surface area is 170 Å². The SMILES string of the molecule is CN=C(NCCNC(=O)c1cccnc1)NCc1cc(OC)c(OC)c(OC)c1. The number of carbonyl (C=O) groups is 1. The lowest BCUT2D eigenvalue weighted by atomic mass is 10.2. The first-order chi connectivity index (χ1) is 14.1. The number of aromatic nitrogens is 1. The van der Waals surface area contributed by atoms with Gasteiger partial charge in [-0.2, -0.15) is 0 Å². The largest absolute Gasteiger partial charge is 0.493 e. The van der Waals surface area contributed by atoms with Crippen LogP contribution in [-0.2, 0) is 6.54 Å². The molecule has 0 fully saturated rings. The molecule has 0 saturated heterocycles. The fourth-order valence-corrected chi connectivity index (χ4v) is 2.60. The first-order valence-electron chi connectivity index (χ1n) is 9.04. The van der Waals surface area contributed by atoms with E-state index in [0.717, 1.165) is 5.56 Å². The van der Waals surface area contributed by atoms with E-state index < -0.39 is 0 Å². The van der Waals surface area contributed by atoms with Gasteiger partial charge in [0, 0.05) is 39.1 Å². The minimum absolute atomic E-state index is 0.166. The van der Waals surface area contributed by atoms with Crippen LogP contribution in [-0.4, -0.2) is 58.3 Å². The molecular weight excluding hydrogens is 374 g/mol. The summed E-state index contributed by atoms with van der Waals surface area (Å²) < 4.78 is 16.1. The number of carbonyl (C=O) groups excluding carboxylic acids is 1. The lowest BCUT2D eigenvalue weighted by molar-refractivity contribution is 0.0954. The van der Waals surface area contributed by atoms with Gasteiger partial charge in [0.15, 0.2) is 17.5 Å². The highest BCUT2D eigenvalue weighted by atomic mass is 16.5. The molecule has 1 aromatic heterocycles. The van der Waals surface area contributed by atoms with E-state index in [4.69, 9.17) is 14.2 Å². The number of nitrogens with one attached hydrogen (secondary N) is 3. The van der Waals surface area contributed by atoms with E-state index >= 15 is 0 Å². The average molecular weight is 401 g/mol. The molecular formula is C20H27N5O4. The molecule has 0 spiro atoms. The first-order valence-corrected chi connectivity index (χ1v) is 9.04. The minimum atomic E-state index is -0.166. The molecule has 0 aliphatic carbocycles. The summed E-state index contributed by atoms with van der Waals surface area (Å²) in [6.07, 6.45) is 3.16. The third-order valence-electron chi connectivity index (χ3n) is 4.03. The number of nitrogens with zero attached hydrogens (tertiary/aromatic N) is 2. The highest BCUT2D eigenvalue weighted by Crippen LogP contribution is 2.38. The standard InChI is InChI=1S/C20H27N5O4/c1-21-20(24-9-8-23-19(26)15-6-5-7-22-13-15)25-12-14-10-16(27-2)18(29-4)17(11-14)28-3/h5-7,10-11,13H,8-9,12H2,1-4H3,(H,23,26)(H2,21,24,25). The molecule has 29 heavy (non-hydrogen) atoms. The van der Waals surface area contributed by atoms with Gasteiger partial charge in [-0.3, -0.25) is 14.8 Å². The van der Waals surface area contributed by atoms with E-state index in [-0.39, 0.29) is 5.91 Å². The van der Waals surface area contributed by atoms with Crippen molar-refractivity contribution in [2.24, 2.45) is 4.99 Å². The summed E-state index contributed by atoms with van der Waals surface area (Å²) in [6.45, 7) is 1.46. The van der Waals surface area contributed by atoms with Gasteiger partial charge in [-0.15, -0.1) is 0 Å². The van der Waals surface area contributed by atoms with Gasteiger partial charge in [-0.05, 0) is 29.8 Å². The monoisotopic (exact) mass is 401 g/mol. The molecule has 0 unspecified atom stereocenters. The fraction of sp³-hybridized carbons (Fsp3) is 0.350. The Morgan fingerprint density at radius 1 is 1.03 bits per heavy atom. The third-order valence-corrected chi connectivity index (χ3v) is 4.03. The number of hydrogen-bond acceptors (Lipinski definition) is 6. The lowest BCUT2D eigenvalue weighted by Gasteiger charge is -2.16. The second-order valence-electron chi connectivity index (χ2n) is 5.88. The van der Waals surface area contributed by atoms with Crippen LogP contribution in [0, 0.1) is 0 Å². The molecule has 1 aromatic carbocycles. The summed E-state index contributed by atoms with van der Waals surface area (Å²) in [5.41, 5.74) is 1.46. The van der Waals surface area contributed by atoms with Crippen molar-refractivity contribution in [1.29, 1.82) is 0 Å². The van der Waals surface area contributed by atoms with Crippen LogP contribution in [0.3, 0.4) is 0 Å². The molecule has 1 amide bonds. The van der Waals surface area contributed by atoms with Gasteiger partial charge in [-0.25, -0.2) is 0 Å². The van der Waals surface area contributed by atoms with Gasteiger partial charge in [-0.1, -0.05) is 0 Å². The highest BCUT2D eigenvalue weighted by Gasteiger charge is 2.13. The minimum Gasteiger partial charge on any atom is -0.493 e. The molecule has 0 atom stereocenters. The topological polar surface area (TPSA) is 106 Å². The van der Waals surface area contributed by atoms with Crippen molar-refractivity contribution in [3.63, 3.8) is 0 Å². The number of guanidine groups is 1. The second-order valence-corrected chi connectivity index (χ2v) is 5.88. The molecule has 156 valence electrons. The highest BCUT2D eigenvalue weighted by molar-refractivity contribution is 5.93. The number of methoxy groups -OCH3 is 3. The molecule has 9 heteroatoms. The van der Waals surface area contributed by atoms with Crippen molar-refractivity contribution in [3.8, 4) is 17.2 Å². The molecule has 2 rings (SSSR count). The first kappa shape index (κ1) is 21.8. The molecule has 2 aromatic rings. The van der Waals surface area contributed by atoms with Gasteiger partial charge in [0.2, 0.25) is 5.75 Å². The number of ether oxygens (including phenoxy) is 3. The molecule has 1 heterocycles. The second kappa shape index (κ2) is 11.4. The number of aliphatic imine (C=N–C) groups is 1. The summed E-state index contributed by atoms with van der Waals surface area (Å²) in [6, 6.07) is 7.18. The summed E-state index contributed by atoms with van der Waals surface area (Å²) in [7, 11) is 6.40. The van der Waals surface area contributed by atoms with Crippen LogP contribution in [0.25, 0.3) is 0 Å². The zero-order valence-corrected chi connectivity index (χ0v) is 17.1. The van der Waals surface area contributed by atoms with Gasteiger partial charge in [0.1, 0.15) is 0 Å². The Bertz CT molecular complexity index is 802. The number of amides is 1. The quantitative estimate of drug-likeness (QED) is 0.329. The van der Waals surface area contributed by atoms with Crippen LogP contribution in [0.4, 0.5) is 0 Å². The van der Waals surface area contributed by atoms with Crippen LogP contribution in [0.2, 0.25) is 0 Å². The number of benzene rings is 1. The molecule has 0 saturated carbocycles. The molecule has 0 aliphatic rings. The predicted octanol–water partition coefficient (Wildman–Crippen LogP) is 1.20. The van der Waals surface area contributed by atoms with E-state index in [0.29, 0.717) is 48.4 Å². The van der Waals surface area contributed by atoms with E-state index in [1.807, 2.05) is 12.1 Å². The Morgan fingerprint density at radius 2 is 1.72 bits per heavy atom. The van der Waals surface area contributed by atoms with Crippen molar-refractivity contribution >= 4 is 11.9 Å². The Kier molecular flexibility index (Phi) is 8.55. The fourth-order valence-electron chi connectivity index (χ4n) is 2.60. The predicted molar refractivity (Wildman–Crippen MR) is 111 cm³/mol. The van der Waals surface area contributed by atoms with Crippen LogP contribution in [0.1, 0.15) is 15.9 Å². The average Bonchev–Trinajstić information content (AvgIpc) is 2.78. The third kappa shape index (κ3) is 6.27.